The molecule has 0 aromatic rings. The normalized spacial score (nSPS) is 27.8. The first-order valence-electron chi connectivity index (χ1n) is 6.10. The van der Waals surface area contributed by atoms with Crippen molar-refractivity contribution in [2.45, 2.75) is 32.4 Å². The lowest BCUT2D eigenvalue weighted by molar-refractivity contribution is 0.105. The number of hydrogen-bond acceptors (Lipinski definition) is 5. The third kappa shape index (κ3) is 5.81. The van der Waals surface area contributed by atoms with E-state index in [1.165, 1.54) is 0 Å². The topological polar surface area (TPSA) is 75.6 Å². The molecule has 1 aliphatic heterocycles. The van der Waals surface area contributed by atoms with E-state index in [-0.39, 0.29) is 17.5 Å². The molecule has 1 aliphatic rings. The van der Waals surface area contributed by atoms with Crippen LogP contribution in [0.5, 0.6) is 0 Å². The zero-order chi connectivity index (χ0) is 12.9. The van der Waals surface area contributed by atoms with Gasteiger partial charge in [0.15, 0.2) is 9.84 Å². The summed E-state index contributed by atoms with van der Waals surface area (Å²) >= 11 is 0. The van der Waals surface area contributed by atoms with E-state index in [9.17, 15) is 13.5 Å². The fourth-order valence-corrected chi connectivity index (χ4v) is 3.58. The van der Waals surface area contributed by atoms with Crippen LogP contribution in [-0.4, -0.2) is 56.9 Å². The highest BCUT2D eigenvalue weighted by atomic mass is 32.2. The van der Waals surface area contributed by atoms with E-state index >= 15 is 0 Å². The molecule has 6 heteroatoms. The first-order chi connectivity index (χ1) is 7.91. The SMILES string of the molecule is CC(C)COCCCNC1CS(=O)(=O)CC1O. The number of ether oxygens (including phenoxy) is 1. The van der Waals surface area contributed by atoms with Crippen molar-refractivity contribution >= 4 is 9.84 Å². The van der Waals surface area contributed by atoms with Gasteiger partial charge in [-0.25, -0.2) is 8.42 Å². The van der Waals surface area contributed by atoms with Gasteiger partial charge in [0.25, 0.3) is 0 Å². The second-order valence-electron chi connectivity index (χ2n) is 5.03. The summed E-state index contributed by atoms with van der Waals surface area (Å²) in [6.45, 7) is 6.28. The average Bonchev–Trinajstić information content (AvgIpc) is 2.45. The largest absolute Gasteiger partial charge is 0.390 e. The maximum absolute atomic E-state index is 11.2. The molecule has 2 N–H and O–H groups in total. The van der Waals surface area contributed by atoms with Crippen LogP contribution < -0.4 is 5.32 Å². The van der Waals surface area contributed by atoms with Crippen molar-refractivity contribution in [1.82, 2.24) is 5.32 Å². The molecular formula is C11H23NO4S. The Hall–Kier alpha value is -0.170. The van der Waals surface area contributed by atoms with Crippen LogP contribution in [0.3, 0.4) is 0 Å². The molecule has 0 aromatic heterocycles. The Morgan fingerprint density at radius 3 is 2.65 bits per heavy atom. The second-order valence-corrected chi connectivity index (χ2v) is 7.18. The third-order valence-electron chi connectivity index (χ3n) is 2.65. The van der Waals surface area contributed by atoms with Crippen LogP contribution in [0.4, 0.5) is 0 Å². The number of aliphatic hydroxyl groups is 1. The van der Waals surface area contributed by atoms with Gasteiger partial charge in [-0.1, -0.05) is 13.8 Å². The monoisotopic (exact) mass is 265 g/mol. The van der Waals surface area contributed by atoms with Crippen LogP contribution in [0.1, 0.15) is 20.3 Å². The van der Waals surface area contributed by atoms with Crippen molar-refractivity contribution in [2.24, 2.45) is 5.92 Å². The Labute approximate surface area is 103 Å². The summed E-state index contributed by atoms with van der Waals surface area (Å²) < 4.78 is 27.9. The van der Waals surface area contributed by atoms with Gasteiger partial charge in [0.1, 0.15) is 0 Å². The van der Waals surface area contributed by atoms with Crippen LogP contribution in [0.2, 0.25) is 0 Å². The van der Waals surface area contributed by atoms with Gasteiger partial charge in [-0.05, 0) is 18.9 Å². The van der Waals surface area contributed by atoms with Gasteiger partial charge < -0.3 is 15.2 Å². The Morgan fingerprint density at radius 1 is 1.41 bits per heavy atom. The first kappa shape index (κ1) is 14.9. The zero-order valence-electron chi connectivity index (χ0n) is 10.6. The number of sulfone groups is 1. The Balaban J connectivity index is 2.07. The average molecular weight is 265 g/mol. The summed E-state index contributed by atoms with van der Waals surface area (Å²) in [4.78, 5) is 0. The zero-order valence-corrected chi connectivity index (χ0v) is 11.4. The van der Waals surface area contributed by atoms with E-state index in [1.807, 2.05) is 0 Å². The second kappa shape index (κ2) is 6.68. The first-order valence-corrected chi connectivity index (χ1v) is 7.92. The van der Waals surface area contributed by atoms with Crippen LogP contribution in [0.25, 0.3) is 0 Å². The molecule has 0 amide bonds. The lowest BCUT2D eigenvalue weighted by Crippen LogP contribution is -2.39. The summed E-state index contributed by atoms with van der Waals surface area (Å²) in [5, 5.41) is 12.6. The van der Waals surface area contributed by atoms with Gasteiger partial charge in [-0.2, -0.15) is 0 Å². The minimum absolute atomic E-state index is 0.0427. The molecule has 0 bridgehead atoms. The maximum Gasteiger partial charge on any atom is 0.154 e. The highest BCUT2D eigenvalue weighted by Crippen LogP contribution is 2.12. The van der Waals surface area contributed by atoms with Gasteiger partial charge in [-0.15, -0.1) is 0 Å². The van der Waals surface area contributed by atoms with E-state index in [4.69, 9.17) is 4.74 Å². The molecule has 0 spiro atoms. The smallest absolute Gasteiger partial charge is 0.154 e. The van der Waals surface area contributed by atoms with Crippen LogP contribution in [0.15, 0.2) is 0 Å². The molecule has 1 rings (SSSR count). The summed E-state index contributed by atoms with van der Waals surface area (Å²) in [5.74, 6) is 0.458. The van der Waals surface area contributed by atoms with Crippen molar-refractivity contribution in [3.8, 4) is 0 Å². The number of hydrogen-bond donors (Lipinski definition) is 2. The van der Waals surface area contributed by atoms with Gasteiger partial charge in [0, 0.05) is 19.3 Å². The molecule has 0 radical (unpaired) electrons. The quantitative estimate of drug-likeness (QED) is 0.623. The van der Waals surface area contributed by atoms with Gasteiger partial charge >= 0.3 is 0 Å². The Morgan fingerprint density at radius 2 is 2.12 bits per heavy atom. The summed E-state index contributed by atoms with van der Waals surface area (Å²) in [6.07, 6.45) is 0.0623. The van der Waals surface area contributed by atoms with Gasteiger partial charge in [0.05, 0.1) is 17.6 Å². The minimum Gasteiger partial charge on any atom is -0.390 e. The van der Waals surface area contributed by atoms with Gasteiger partial charge in [-0.3, -0.25) is 0 Å². The van der Waals surface area contributed by atoms with Crippen LogP contribution in [-0.2, 0) is 14.6 Å². The molecule has 0 aliphatic carbocycles. The molecule has 102 valence electrons. The van der Waals surface area contributed by atoms with Crippen molar-refractivity contribution < 1.29 is 18.3 Å². The summed E-state index contributed by atoms with van der Waals surface area (Å²) in [5.41, 5.74) is 0. The lowest BCUT2D eigenvalue weighted by atomic mass is 10.2. The highest BCUT2D eigenvalue weighted by molar-refractivity contribution is 7.91. The number of nitrogens with one attached hydrogen (secondary N) is 1. The predicted octanol–water partition coefficient (Wildman–Crippen LogP) is -0.203. The molecule has 1 heterocycles. The highest BCUT2D eigenvalue weighted by Gasteiger charge is 2.35. The number of rotatable bonds is 7. The molecule has 2 atom stereocenters. The summed E-state index contributed by atoms with van der Waals surface area (Å²) in [6, 6.07) is -0.315. The Kier molecular flexibility index (Phi) is 5.85. The number of aliphatic hydroxyl groups excluding tert-OH is 1. The van der Waals surface area contributed by atoms with E-state index in [0.29, 0.717) is 19.1 Å². The molecule has 0 aromatic carbocycles. The minimum atomic E-state index is -3.05. The third-order valence-corrected chi connectivity index (χ3v) is 4.36. The predicted molar refractivity (Wildman–Crippen MR) is 66.7 cm³/mol. The van der Waals surface area contributed by atoms with Crippen molar-refractivity contribution in [2.75, 3.05) is 31.3 Å². The Bertz CT molecular complexity index is 315. The lowest BCUT2D eigenvalue weighted by Gasteiger charge is -2.14. The molecule has 0 saturated carbocycles. The maximum atomic E-state index is 11.2. The van der Waals surface area contributed by atoms with Crippen LogP contribution >= 0.6 is 0 Å². The molecular weight excluding hydrogens is 242 g/mol. The van der Waals surface area contributed by atoms with Crippen molar-refractivity contribution in [3.05, 3.63) is 0 Å². The van der Waals surface area contributed by atoms with E-state index in [0.717, 1.165) is 13.0 Å². The molecule has 1 saturated heterocycles. The van der Waals surface area contributed by atoms with Gasteiger partial charge in [0.2, 0.25) is 0 Å². The molecule has 17 heavy (non-hydrogen) atoms. The van der Waals surface area contributed by atoms with E-state index < -0.39 is 15.9 Å². The van der Waals surface area contributed by atoms with Crippen molar-refractivity contribution in [1.29, 1.82) is 0 Å². The molecule has 1 fully saturated rings. The van der Waals surface area contributed by atoms with Crippen molar-refractivity contribution in [3.63, 3.8) is 0 Å². The van der Waals surface area contributed by atoms with E-state index in [2.05, 4.69) is 19.2 Å². The van der Waals surface area contributed by atoms with E-state index in [1.54, 1.807) is 0 Å². The molecule has 2 unspecified atom stereocenters. The van der Waals surface area contributed by atoms with Crippen LogP contribution in [0, 0.1) is 5.92 Å². The fourth-order valence-electron chi connectivity index (χ4n) is 1.80. The summed E-state index contributed by atoms with van der Waals surface area (Å²) in [7, 11) is -3.05. The molecule has 5 nitrogen and oxygen atoms in total. The standard InChI is InChI=1S/C11H23NO4S/c1-9(2)6-16-5-3-4-12-10-7-17(14,15)8-11(10)13/h9-13H,3-8H2,1-2H3. The fraction of sp³-hybridized carbons (Fsp3) is 1.00.